The number of benzene rings is 1. The maximum atomic E-state index is 11.0. The third-order valence-corrected chi connectivity index (χ3v) is 3.82. The lowest BCUT2D eigenvalue weighted by Crippen LogP contribution is -2.07. The summed E-state index contributed by atoms with van der Waals surface area (Å²) in [5.74, 6) is -0.688. The monoisotopic (exact) mass is 328 g/mol. The smallest absolute Gasteiger partial charge is 0.337 e. The molecule has 0 aliphatic heterocycles. The molecule has 0 unspecified atom stereocenters. The molecular formula is C14H14Cl2N2O3. The fourth-order valence-corrected chi connectivity index (χ4v) is 2.30. The summed E-state index contributed by atoms with van der Waals surface area (Å²) in [4.78, 5) is 11.0. The molecule has 1 aromatic heterocycles. The first-order valence-corrected chi connectivity index (χ1v) is 7.07. The second-order valence-electron chi connectivity index (χ2n) is 4.40. The number of ether oxygens (including phenoxy) is 1. The summed E-state index contributed by atoms with van der Waals surface area (Å²) in [5, 5.41) is 14.0. The highest BCUT2D eigenvalue weighted by Gasteiger charge is 2.14. The molecule has 7 heteroatoms. The number of hydrogen-bond donors (Lipinski definition) is 1. The van der Waals surface area contributed by atoms with Gasteiger partial charge >= 0.3 is 5.97 Å². The number of halogens is 2. The standard InChI is InChI=1S/C14H14Cl2N2O3/c1-3-18-12(13(16)8(2)17-18)7-21-9-4-5-11(15)10(6-9)14(19)20/h4-6H,3,7H2,1-2H3,(H,19,20). The van der Waals surface area contributed by atoms with Crippen LogP contribution in [0.25, 0.3) is 0 Å². The van der Waals surface area contributed by atoms with E-state index in [-0.39, 0.29) is 17.2 Å². The highest BCUT2D eigenvalue weighted by atomic mass is 35.5. The van der Waals surface area contributed by atoms with Crippen molar-refractivity contribution in [1.82, 2.24) is 9.78 Å². The van der Waals surface area contributed by atoms with Gasteiger partial charge in [-0.05, 0) is 32.0 Å². The Bertz CT molecular complexity index is 683. The summed E-state index contributed by atoms with van der Waals surface area (Å²) in [7, 11) is 0. The zero-order chi connectivity index (χ0) is 15.6. The molecule has 5 nitrogen and oxygen atoms in total. The van der Waals surface area contributed by atoms with Crippen molar-refractivity contribution in [3.8, 4) is 5.75 Å². The number of hydrogen-bond acceptors (Lipinski definition) is 3. The Hall–Kier alpha value is -1.72. The van der Waals surface area contributed by atoms with Crippen molar-refractivity contribution in [3.63, 3.8) is 0 Å². The number of carbonyl (C=O) groups is 1. The van der Waals surface area contributed by atoms with Gasteiger partial charge < -0.3 is 9.84 Å². The van der Waals surface area contributed by atoms with Crippen molar-refractivity contribution < 1.29 is 14.6 Å². The lowest BCUT2D eigenvalue weighted by Gasteiger charge is -2.09. The highest BCUT2D eigenvalue weighted by molar-refractivity contribution is 6.33. The molecule has 0 saturated heterocycles. The molecule has 0 fully saturated rings. The molecular weight excluding hydrogens is 315 g/mol. The minimum absolute atomic E-state index is 0.000410. The van der Waals surface area contributed by atoms with Crippen LogP contribution in [0.4, 0.5) is 0 Å². The third-order valence-electron chi connectivity index (χ3n) is 3.00. The van der Waals surface area contributed by atoms with Crippen LogP contribution in [-0.2, 0) is 13.2 Å². The van der Waals surface area contributed by atoms with Crippen molar-refractivity contribution >= 4 is 29.2 Å². The zero-order valence-electron chi connectivity index (χ0n) is 11.6. The Balaban J connectivity index is 2.21. The molecule has 0 amide bonds. The van der Waals surface area contributed by atoms with Crippen LogP contribution in [0, 0.1) is 6.92 Å². The van der Waals surface area contributed by atoms with E-state index in [1.54, 1.807) is 10.7 Å². The third kappa shape index (κ3) is 3.31. The van der Waals surface area contributed by atoms with Crippen LogP contribution in [-0.4, -0.2) is 20.9 Å². The maximum absolute atomic E-state index is 11.0. The van der Waals surface area contributed by atoms with Gasteiger partial charge in [0, 0.05) is 6.54 Å². The van der Waals surface area contributed by atoms with Crippen molar-refractivity contribution in [2.75, 3.05) is 0 Å². The van der Waals surface area contributed by atoms with Crippen LogP contribution in [0.2, 0.25) is 10.0 Å². The average Bonchev–Trinajstić information content (AvgIpc) is 2.73. The van der Waals surface area contributed by atoms with E-state index in [0.717, 1.165) is 11.4 Å². The first kappa shape index (κ1) is 15.7. The molecule has 0 aliphatic carbocycles. The Morgan fingerprint density at radius 3 is 2.76 bits per heavy atom. The molecule has 2 rings (SSSR count). The highest BCUT2D eigenvalue weighted by Crippen LogP contribution is 2.25. The maximum Gasteiger partial charge on any atom is 0.337 e. The number of nitrogens with zero attached hydrogens (tertiary/aromatic N) is 2. The molecule has 21 heavy (non-hydrogen) atoms. The summed E-state index contributed by atoms with van der Waals surface area (Å²) < 4.78 is 7.36. The summed E-state index contributed by atoms with van der Waals surface area (Å²) in [6.07, 6.45) is 0. The van der Waals surface area contributed by atoms with E-state index in [2.05, 4.69) is 5.10 Å². The molecule has 0 radical (unpaired) electrons. The Morgan fingerprint density at radius 2 is 2.14 bits per heavy atom. The van der Waals surface area contributed by atoms with Gasteiger partial charge in [0.1, 0.15) is 12.4 Å². The van der Waals surface area contributed by atoms with E-state index in [1.165, 1.54) is 12.1 Å². The van der Waals surface area contributed by atoms with Crippen LogP contribution in [0.15, 0.2) is 18.2 Å². The molecule has 0 atom stereocenters. The number of aromatic carboxylic acids is 1. The summed E-state index contributed by atoms with van der Waals surface area (Å²) in [5.41, 5.74) is 1.49. The molecule has 2 aromatic rings. The van der Waals surface area contributed by atoms with E-state index in [9.17, 15) is 4.79 Å². The van der Waals surface area contributed by atoms with E-state index in [1.807, 2.05) is 13.8 Å². The van der Waals surface area contributed by atoms with E-state index < -0.39 is 5.97 Å². The Labute approximate surface area is 132 Å². The quantitative estimate of drug-likeness (QED) is 0.906. The van der Waals surface area contributed by atoms with Gasteiger partial charge in [-0.25, -0.2) is 4.79 Å². The second kappa shape index (κ2) is 6.37. The van der Waals surface area contributed by atoms with Gasteiger partial charge in [0.25, 0.3) is 0 Å². The molecule has 0 aliphatic rings. The molecule has 112 valence electrons. The van der Waals surface area contributed by atoms with Crippen molar-refractivity contribution in [3.05, 3.63) is 45.2 Å². The minimum atomic E-state index is -1.10. The topological polar surface area (TPSA) is 64.4 Å². The molecule has 1 aromatic carbocycles. The molecule has 0 bridgehead atoms. The van der Waals surface area contributed by atoms with Gasteiger partial charge in [0.15, 0.2) is 0 Å². The van der Waals surface area contributed by atoms with Crippen LogP contribution in [0.5, 0.6) is 5.75 Å². The molecule has 1 heterocycles. The van der Waals surface area contributed by atoms with Crippen LogP contribution in [0.1, 0.15) is 28.7 Å². The van der Waals surface area contributed by atoms with E-state index >= 15 is 0 Å². The fourth-order valence-electron chi connectivity index (χ4n) is 1.92. The normalized spacial score (nSPS) is 10.7. The summed E-state index contributed by atoms with van der Waals surface area (Å²) >= 11 is 12.0. The molecule has 1 N–H and O–H groups in total. The lowest BCUT2D eigenvalue weighted by atomic mass is 10.2. The Morgan fingerprint density at radius 1 is 1.43 bits per heavy atom. The number of rotatable bonds is 5. The fraction of sp³-hybridized carbons (Fsp3) is 0.286. The van der Waals surface area contributed by atoms with Crippen LogP contribution >= 0.6 is 23.2 Å². The predicted octanol–water partition coefficient (Wildman–Crippen LogP) is 3.80. The predicted molar refractivity (Wildman–Crippen MR) is 80.4 cm³/mol. The zero-order valence-corrected chi connectivity index (χ0v) is 13.1. The summed E-state index contributed by atoms with van der Waals surface area (Å²) in [6, 6.07) is 4.49. The van der Waals surface area contributed by atoms with E-state index in [4.69, 9.17) is 33.0 Å². The van der Waals surface area contributed by atoms with Gasteiger partial charge in [-0.2, -0.15) is 5.10 Å². The second-order valence-corrected chi connectivity index (χ2v) is 5.18. The van der Waals surface area contributed by atoms with Crippen molar-refractivity contribution in [2.24, 2.45) is 0 Å². The van der Waals surface area contributed by atoms with Crippen LogP contribution < -0.4 is 4.74 Å². The largest absolute Gasteiger partial charge is 0.487 e. The minimum Gasteiger partial charge on any atom is -0.487 e. The molecule has 0 spiro atoms. The van der Waals surface area contributed by atoms with Gasteiger partial charge in [0.2, 0.25) is 0 Å². The number of aromatic nitrogens is 2. The SMILES string of the molecule is CCn1nc(C)c(Cl)c1COc1ccc(Cl)c(C(=O)O)c1. The number of carboxylic acids is 1. The van der Waals surface area contributed by atoms with Crippen molar-refractivity contribution in [2.45, 2.75) is 27.0 Å². The Kier molecular flexibility index (Phi) is 4.75. The first-order chi connectivity index (χ1) is 9.93. The lowest BCUT2D eigenvalue weighted by molar-refractivity contribution is 0.0696. The van der Waals surface area contributed by atoms with Gasteiger partial charge in [-0.3, -0.25) is 4.68 Å². The van der Waals surface area contributed by atoms with E-state index in [0.29, 0.717) is 17.3 Å². The first-order valence-electron chi connectivity index (χ1n) is 6.31. The van der Waals surface area contributed by atoms with Crippen LogP contribution in [0.3, 0.4) is 0 Å². The average molecular weight is 329 g/mol. The van der Waals surface area contributed by atoms with Crippen molar-refractivity contribution in [1.29, 1.82) is 0 Å². The number of carboxylic acid groups (broad SMARTS) is 1. The van der Waals surface area contributed by atoms with Gasteiger partial charge in [-0.1, -0.05) is 23.2 Å². The molecule has 0 saturated carbocycles. The number of aryl methyl sites for hydroxylation is 2. The van der Waals surface area contributed by atoms with Gasteiger partial charge in [0.05, 0.1) is 27.0 Å². The van der Waals surface area contributed by atoms with Gasteiger partial charge in [-0.15, -0.1) is 0 Å². The summed E-state index contributed by atoms with van der Waals surface area (Å²) in [6.45, 7) is 4.65.